The summed E-state index contributed by atoms with van der Waals surface area (Å²) in [6, 6.07) is 20.8. The summed E-state index contributed by atoms with van der Waals surface area (Å²) in [5, 5.41) is 10.8. The van der Waals surface area contributed by atoms with Crippen LogP contribution in [0.15, 0.2) is 65.7 Å². The van der Waals surface area contributed by atoms with Crippen LogP contribution in [0.4, 0.5) is 4.39 Å². The lowest BCUT2D eigenvalue weighted by atomic mass is 9.76. The van der Waals surface area contributed by atoms with Gasteiger partial charge in [-0.3, -0.25) is 0 Å². The average Bonchev–Trinajstić information content (AvgIpc) is 3.16. The number of hydrogen-bond acceptors (Lipinski definition) is 6. The molecule has 176 valence electrons. The van der Waals surface area contributed by atoms with Gasteiger partial charge < -0.3 is 10.5 Å². The number of fused-ring (bicyclic) bond motifs is 3. The summed E-state index contributed by atoms with van der Waals surface area (Å²) in [4.78, 5) is 11.1. The van der Waals surface area contributed by atoms with E-state index in [1.165, 1.54) is 22.3 Å². The highest BCUT2D eigenvalue weighted by Gasteiger charge is 2.50. The molecular formula is C28H25FN4O2. The molecule has 0 aromatic heterocycles. The molecule has 3 aromatic rings. The van der Waals surface area contributed by atoms with E-state index >= 15 is 0 Å². The highest BCUT2D eigenvalue weighted by atomic mass is 19.1. The van der Waals surface area contributed by atoms with Gasteiger partial charge in [0.2, 0.25) is 11.7 Å². The molecule has 1 spiro atoms. The normalized spacial score (nSPS) is 24.8. The van der Waals surface area contributed by atoms with Crippen molar-refractivity contribution in [3.8, 4) is 22.9 Å². The number of guanidine groups is 1. The van der Waals surface area contributed by atoms with Gasteiger partial charge >= 0.3 is 0 Å². The molecule has 0 saturated heterocycles. The molecule has 1 unspecified atom stereocenters. The van der Waals surface area contributed by atoms with Crippen LogP contribution in [0.3, 0.4) is 0 Å². The van der Waals surface area contributed by atoms with E-state index in [4.69, 9.17) is 20.3 Å². The maximum atomic E-state index is 13.9. The Bertz CT molecular complexity index is 1400. The molecule has 0 amide bonds. The highest BCUT2D eigenvalue weighted by Crippen LogP contribution is 2.50. The molecule has 0 saturated carbocycles. The zero-order valence-corrected chi connectivity index (χ0v) is 19.4. The molecular weight excluding hydrogens is 443 g/mol. The first kappa shape index (κ1) is 21.6. The van der Waals surface area contributed by atoms with Crippen LogP contribution < -0.4 is 10.5 Å². The largest absolute Gasteiger partial charge is 0.489 e. The highest BCUT2D eigenvalue weighted by molar-refractivity contribution is 5.79. The van der Waals surface area contributed by atoms with E-state index in [1.807, 2.05) is 24.3 Å². The van der Waals surface area contributed by atoms with E-state index in [9.17, 15) is 9.65 Å². The molecule has 35 heavy (non-hydrogen) atoms. The van der Waals surface area contributed by atoms with E-state index < -0.39 is 11.5 Å². The first-order chi connectivity index (χ1) is 17.0. The number of aryl methyl sites for hydroxylation is 1. The third-order valence-corrected chi connectivity index (χ3v) is 7.35. The lowest BCUT2D eigenvalue weighted by molar-refractivity contribution is -0.192. The van der Waals surface area contributed by atoms with Crippen molar-refractivity contribution < 1.29 is 14.0 Å². The number of aliphatic imine (C=N–C) groups is 1. The summed E-state index contributed by atoms with van der Waals surface area (Å²) in [6.07, 6.45) is 3.61. The molecule has 3 atom stereocenters. The number of nitriles is 1. The van der Waals surface area contributed by atoms with Crippen molar-refractivity contribution in [1.82, 2.24) is 5.06 Å². The number of nitrogens with zero attached hydrogens (tertiary/aromatic N) is 3. The topological polar surface area (TPSA) is 83.9 Å². The third-order valence-electron chi connectivity index (χ3n) is 7.35. The molecule has 7 heteroatoms. The van der Waals surface area contributed by atoms with Crippen molar-refractivity contribution in [2.24, 2.45) is 10.7 Å². The number of rotatable bonds is 2. The number of hydroxylamine groups is 2. The number of hydrogen-bond donors (Lipinski definition) is 1. The number of ether oxygens (including phenoxy) is 1. The molecule has 2 heterocycles. The van der Waals surface area contributed by atoms with Gasteiger partial charge in [-0.1, -0.05) is 36.4 Å². The fraction of sp³-hybridized carbons (Fsp3) is 0.286. The molecule has 0 fully saturated rings. The quantitative estimate of drug-likeness (QED) is 0.574. The summed E-state index contributed by atoms with van der Waals surface area (Å²) < 4.78 is 20.5. The molecule has 1 aliphatic carbocycles. The second kappa shape index (κ2) is 8.10. The van der Waals surface area contributed by atoms with Crippen LogP contribution in [0.1, 0.15) is 47.4 Å². The van der Waals surface area contributed by atoms with Gasteiger partial charge in [-0.2, -0.15) is 5.26 Å². The predicted octanol–water partition coefficient (Wildman–Crippen LogP) is 4.98. The third kappa shape index (κ3) is 3.53. The van der Waals surface area contributed by atoms with E-state index in [1.54, 1.807) is 19.2 Å². The molecule has 0 radical (unpaired) electrons. The Hall–Kier alpha value is -3.89. The minimum Gasteiger partial charge on any atom is -0.489 e. The number of nitrogens with two attached hydrogens (primary N) is 1. The van der Waals surface area contributed by atoms with Gasteiger partial charge in [-0.25, -0.2) is 19.3 Å². The van der Waals surface area contributed by atoms with Gasteiger partial charge in [0.1, 0.15) is 23.7 Å². The smallest absolute Gasteiger partial charge is 0.221 e. The van der Waals surface area contributed by atoms with Gasteiger partial charge in [0, 0.05) is 19.4 Å². The minimum absolute atomic E-state index is 0.00123. The van der Waals surface area contributed by atoms with Crippen molar-refractivity contribution in [2.45, 2.75) is 43.4 Å². The Kier molecular flexibility index (Phi) is 5.01. The second-order valence-electron chi connectivity index (χ2n) is 9.42. The average molecular weight is 469 g/mol. The van der Waals surface area contributed by atoms with Crippen molar-refractivity contribution >= 4 is 5.96 Å². The Morgan fingerprint density at radius 2 is 1.94 bits per heavy atom. The first-order valence-corrected chi connectivity index (χ1v) is 11.8. The SMILES string of the molecule is CN1O[C@@]2(C[C@H](C3CCCc4ccccc43)Oc3ccc(-c4ccc(F)c(C#N)c4)cc32)N=C1N. The minimum atomic E-state index is -1.02. The van der Waals surface area contributed by atoms with Gasteiger partial charge in [-0.05, 0) is 65.8 Å². The molecule has 0 bridgehead atoms. The van der Waals surface area contributed by atoms with Crippen LogP contribution >= 0.6 is 0 Å². The van der Waals surface area contributed by atoms with Crippen LogP contribution in [-0.2, 0) is 17.0 Å². The Morgan fingerprint density at radius 1 is 1.14 bits per heavy atom. The van der Waals surface area contributed by atoms with Gasteiger partial charge in [-0.15, -0.1) is 0 Å². The molecule has 3 aromatic carbocycles. The van der Waals surface area contributed by atoms with Crippen LogP contribution in [0, 0.1) is 17.1 Å². The molecule has 6 nitrogen and oxygen atoms in total. The summed E-state index contributed by atoms with van der Waals surface area (Å²) in [6.45, 7) is 0. The zero-order valence-electron chi connectivity index (χ0n) is 19.4. The van der Waals surface area contributed by atoms with Gasteiger partial charge in [0.25, 0.3) is 0 Å². The standard InChI is InChI=1S/C28H25FN4O2/c1-33-27(31)32-28(35-33)15-26(22-8-4-6-17-5-2-3-7-21(17)22)34-25-12-10-19(14-23(25)28)18-9-11-24(29)20(13-18)16-30/h2-3,5,7,9-14,22,26H,4,6,8,15H2,1H3,(H2,31,32)/t22?,26-,28-/m1/s1. The Labute approximate surface area is 203 Å². The predicted molar refractivity (Wildman–Crippen MR) is 130 cm³/mol. The fourth-order valence-electron chi connectivity index (χ4n) is 5.64. The fourth-order valence-corrected chi connectivity index (χ4v) is 5.64. The van der Waals surface area contributed by atoms with E-state index in [2.05, 4.69) is 24.3 Å². The monoisotopic (exact) mass is 468 g/mol. The molecule has 6 rings (SSSR count). The van der Waals surface area contributed by atoms with Crippen LogP contribution in [0.25, 0.3) is 11.1 Å². The maximum absolute atomic E-state index is 13.9. The van der Waals surface area contributed by atoms with Crippen LogP contribution in [-0.4, -0.2) is 24.2 Å². The number of benzene rings is 3. The maximum Gasteiger partial charge on any atom is 0.221 e. The zero-order chi connectivity index (χ0) is 24.2. The lowest BCUT2D eigenvalue weighted by Gasteiger charge is -2.41. The summed E-state index contributed by atoms with van der Waals surface area (Å²) in [5.41, 5.74) is 10.2. The molecule has 2 N–H and O–H groups in total. The van der Waals surface area contributed by atoms with Crippen molar-refractivity contribution in [2.75, 3.05) is 7.05 Å². The van der Waals surface area contributed by atoms with E-state index in [-0.39, 0.29) is 17.6 Å². The van der Waals surface area contributed by atoms with Crippen molar-refractivity contribution in [3.05, 3.63) is 88.7 Å². The second-order valence-corrected chi connectivity index (χ2v) is 9.42. The van der Waals surface area contributed by atoms with E-state index in [0.29, 0.717) is 18.1 Å². The molecule has 3 aliphatic rings. The van der Waals surface area contributed by atoms with Crippen molar-refractivity contribution in [1.29, 1.82) is 5.26 Å². The van der Waals surface area contributed by atoms with Gasteiger partial charge in [0.05, 0.1) is 11.1 Å². The summed E-state index contributed by atoms with van der Waals surface area (Å²) in [7, 11) is 1.75. The number of halogens is 1. The lowest BCUT2D eigenvalue weighted by Crippen LogP contribution is -2.42. The van der Waals surface area contributed by atoms with Crippen LogP contribution in [0.2, 0.25) is 0 Å². The Balaban J connectivity index is 1.44. The molecule has 2 aliphatic heterocycles. The first-order valence-electron chi connectivity index (χ1n) is 11.8. The van der Waals surface area contributed by atoms with Crippen LogP contribution in [0.5, 0.6) is 5.75 Å². The van der Waals surface area contributed by atoms with E-state index in [0.717, 1.165) is 36.0 Å². The Morgan fingerprint density at radius 3 is 2.74 bits per heavy atom. The summed E-state index contributed by atoms with van der Waals surface area (Å²) in [5.74, 6) is 0.690. The van der Waals surface area contributed by atoms with Gasteiger partial charge in [0.15, 0.2) is 0 Å². The summed E-state index contributed by atoms with van der Waals surface area (Å²) >= 11 is 0. The van der Waals surface area contributed by atoms with Crippen molar-refractivity contribution in [3.63, 3.8) is 0 Å².